The summed E-state index contributed by atoms with van der Waals surface area (Å²) in [4.78, 5) is 26.0. The van der Waals surface area contributed by atoms with Gasteiger partial charge in [0.05, 0.1) is 47.3 Å². The molecule has 48 heavy (non-hydrogen) atoms. The van der Waals surface area contributed by atoms with E-state index in [0.717, 1.165) is 16.3 Å². The van der Waals surface area contributed by atoms with Crippen molar-refractivity contribution in [3.05, 3.63) is 129 Å². The fourth-order valence-corrected chi connectivity index (χ4v) is 4.73. The molecule has 3 aromatic carbocycles. The Bertz CT molecular complexity index is 1760. The van der Waals surface area contributed by atoms with Gasteiger partial charge >= 0.3 is 5.97 Å². The third kappa shape index (κ3) is 11.9. The second-order valence-electron chi connectivity index (χ2n) is 11.2. The lowest BCUT2D eigenvalue weighted by atomic mass is 10.1. The van der Waals surface area contributed by atoms with Gasteiger partial charge < -0.3 is 29.4 Å². The van der Waals surface area contributed by atoms with Gasteiger partial charge in [0, 0.05) is 28.7 Å². The van der Waals surface area contributed by atoms with Crippen molar-refractivity contribution in [2.24, 2.45) is 0 Å². The first-order chi connectivity index (χ1) is 22.9. The van der Waals surface area contributed by atoms with E-state index in [0.29, 0.717) is 40.1 Å². The van der Waals surface area contributed by atoms with Crippen LogP contribution in [0, 0.1) is 0 Å². The number of halogens is 2. The molecule has 0 fully saturated rings. The number of pyridine rings is 1. The summed E-state index contributed by atoms with van der Waals surface area (Å²) in [5.41, 5.74) is 3.29. The zero-order valence-corrected chi connectivity index (χ0v) is 29.7. The number of hydrogen-bond donors (Lipinski definition) is 2. The summed E-state index contributed by atoms with van der Waals surface area (Å²) in [5.74, 6) is 0.691. The normalized spacial score (nSPS) is 11.0. The molecule has 0 bridgehead atoms. The average Bonchev–Trinajstić information content (AvgIpc) is 3.01. The summed E-state index contributed by atoms with van der Waals surface area (Å²) in [5, 5.41) is 7.85. The van der Waals surface area contributed by atoms with Gasteiger partial charge in [-0.1, -0.05) is 66.2 Å². The van der Waals surface area contributed by atoms with Gasteiger partial charge in [-0.3, -0.25) is 4.79 Å². The van der Waals surface area contributed by atoms with Gasteiger partial charge in [-0.05, 0) is 89.6 Å². The Morgan fingerprint density at radius 3 is 2.06 bits per heavy atom. The number of carbonyl (C=O) groups is 1. The number of anilines is 4. The van der Waals surface area contributed by atoms with Crippen molar-refractivity contribution in [1.82, 2.24) is 4.57 Å². The number of hydrogen-bond acceptors (Lipinski definition) is 7. The second-order valence-corrected chi connectivity index (χ2v) is 12.2. The van der Waals surface area contributed by atoms with Crippen molar-refractivity contribution >= 4 is 51.9 Å². The number of rotatable bonds is 13. The number of nitrogens with one attached hydrogen (secondary N) is 2. The third-order valence-corrected chi connectivity index (χ3v) is 6.78. The van der Waals surface area contributed by atoms with E-state index in [9.17, 15) is 9.59 Å². The first-order valence-electron chi connectivity index (χ1n) is 15.6. The van der Waals surface area contributed by atoms with E-state index in [2.05, 4.69) is 17.2 Å². The van der Waals surface area contributed by atoms with E-state index in [-0.39, 0.29) is 29.9 Å². The Hall–Kier alpha value is -4.66. The SMILES string of the molecule is C=C/C=C(\C)Cl.CCOC(=O)c1cn(Cc2ccccc2)c(=O)cc1Nc1ccc(OC(C)C)c(Nc2ccc(OC(C)C)c(Cl)c2)c1. The van der Waals surface area contributed by atoms with Gasteiger partial charge in [0.1, 0.15) is 11.5 Å². The Labute approximate surface area is 293 Å². The Kier molecular flexibility index (Phi) is 14.7. The molecule has 0 aliphatic rings. The molecule has 10 heteroatoms. The highest BCUT2D eigenvalue weighted by Gasteiger charge is 2.17. The minimum atomic E-state index is -0.529. The molecule has 0 amide bonds. The van der Waals surface area contributed by atoms with Crippen LogP contribution in [0.2, 0.25) is 5.02 Å². The van der Waals surface area contributed by atoms with Crippen LogP contribution in [0.1, 0.15) is 57.5 Å². The van der Waals surface area contributed by atoms with Gasteiger partial charge in [-0.2, -0.15) is 0 Å². The predicted octanol–water partition coefficient (Wildman–Crippen LogP) is 10.1. The van der Waals surface area contributed by atoms with E-state index in [1.54, 1.807) is 25.1 Å². The van der Waals surface area contributed by atoms with E-state index in [1.165, 1.54) is 16.8 Å². The summed E-state index contributed by atoms with van der Waals surface area (Å²) < 4.78 is 18.6. The number of benzene rings is 3. The lowest BCUT2D eigenvalue weighted by Gasteiger charge is -2.19. The maximum absolute atomic E-state index is 13.1. The molecule has 4 aromatic rings. The van der Waals surface area contributed by atoms with Crippen LogP contribution >= 0.6 is 23.2 Å². The molecule has 0 aliphatic carbocycles. The van der Waals surface area contributed by atoms with Gasteiger partial charge in [0.2, 0.25) is 0 Å². The maximum Gasteiger partial charge on any atom is 0.341 e. The van der Waals surface area contributed by atoms with E-state index in [1.807, 2.05) is 95.3 Å². The minimum absolute atomic E-state index is 0.00458. The zero-order valence-electron chi connectivity index (χ0n) is 28.2. The molecule has 0 aliphatic heterocycles. The van der Waals surface area contributed by atoms with E-state index < -0.39 is 5.97 Å². The van der Waals surface area contributed by atoms with Gasteiger partial charge in [-0.25, -0.2) is 4.79 Å². The summed E-state index contributed by atoms with van der Waals surface area (Å²) in [6.45, 7) is 15.3. The number of esters is 1. The van der Waals surface area contributed by atoms with E-state index in [4.69, 9.17) is 37.4 Å². The van der Waals surface area contributed by atoms with Crippen LogP contribution in [-0.4, -0.2) is 29.4 Å². The highest BCUT2D eigenvalue weighted by molar-refractivity contribution is 6.32. The van der Waals surface area contributed by atoms with Gasteiger partial charge in [0.15, 0.2) is 0 Å². The highest BCUT2D eigenvalue weighted by Crippen LogP contribution is 2.35. The largest absolute Gasteiger partial charge is 0.489 e. The Morgan fingerprint density at radius 2 is 1.50 bits per heavy atom. The van der Waals surface area contributed by atoms with Crippen molar-refractivity contribution in [1.29, 1.82) is 0 Å². The molecule has 0 unspecified atom stereocenters. The number of aromatic nitrogens is 1. The number of carbonyl (C=O) groups excluding carboxylic acids is 1. The van der Waals surface area contributed by atoms with Crippen LogP contribution in [0.4, 0.5) is 22.7 Å². The molecule has 1 heterocycles. The number of ether oxygens (including phenoxy) is 3. The smallest absolute Gasteiger partial charge is 0.341 e. The Balaban J connectivity index is 0.000000952. The molecule has 254 valence electrons. The summed E-state index contributed by atoms with van der Waals surface area (Å²) >= 11 is 11.8. The lowest BCUT2D eigenvalue weighted by Crippen LogP contribution is -2.23. The molecule has 4 rings (SSSR count). The average molecular weight is 693 g/mol. The Morgan fingerprint density at radius 1 is 0.896 bits per heavy atom. The van der Waals surface area contributed by atoms with Crippen LogP contribution in [0.5, 0.6) is 11.5 Å². The molecular weight excluding hydrogens is 649 g/mol. The molecule has 0 saturated carbocycles. The van der Waals surface area contributed by atoms with Crippen LogP contribution in [0.15, 0.2) is 108 Å². The van der Waals surface area contributed by atoms with Crippen molar-refractivity contribution in [3.8, 4) is 11.5 Å². The lowest BCUT2D eigenvalue weighted by molar-refractivity contribution is 0.0526. The second kappa shape index (κ2) is 18.6. The fraction of sp³-hybridized carbons (Fsp3) is 0.263. The van der Waals surface area contributed by atoms with Gasteiger partial charge in [0.25, 0.3) is 5.56 Å². The monoisotopic (exact) mass is 691 g/mol. The van der Waals surface area contributed by atoms with Crippen molar-refractivity contribution in [3.63, 3.8) is 0 Å². The van der Waals surface area contributed by atoms with Crippen molar-refractivity contribution < 1.29 is 19.0 Å². The predicted molar refractivity (Wildman–Crippen MR) is 198 cm³/mol. The first kappa shape index (κ1) is 37.8. The molecule has 0 atom stereocenters. The highest BCUT2D eigenvalue weighted by atomic mass is 35.5. The van der Waals surface area contributed by atoms with Crippen LogP contribution in [0.25, 0.3) is 0 Å². The van der Waals surface area contributed by atoms with Crippen LogP contribution < -0.4 is 25.7 Å². The maximum atomic E-state index is 13.1. The molecule has 0 saturated heterocycles. The summed E-state index contributed by atoms with van der Waals surface area (Å²) in [6.07, 6.45) is 4.86. The number of nitrogens with zero attached hydrogens (tertiary/aromatic N) is 1. The van der Waals surface area contributed by atoms with E-state index >= 15 is 0 Å². The standard InChI is InChI=1S/C33H36ClN3O5.C5H7Cl/c1-6-40-33(39)26-20-37(19-23-10-8-7-9-11-23)32(38)18-28(26)35-25-13-15-31(42-22(4)5)29(17-25)36-24-12-14-30(27(34)16-24)41-21(2)3;1-3-4-5(2)6/h7-18,20-22,35-36H,6,19H2,1-5H3;3-4H,1H2,2H3/b;5-4+. The van der Waals surface area contributed by atoms with Crippen LogP contribution in [0.3, 0.4) is 0 Å². The van der Waals surface area contributed by atoms with Crippen LogP contribution in [-0.2, 0) is 11.3 Å². The first-order valence-corrected chi connectivity index (χ1v) is 16.4. The van der Waals surface area contributed by atoms with Crippen molar-refractivity contribution in [2.75, 3.05) is 17.2 Å². The topological polar surface area (TPSA) is 90.8 Å². The summed E-state index contributed by atoms with van der Waals surface area (Å²) in [7, 11) is 0. The third-order valence-electron chi connectivity index (χ3n) is 6.36. The molecule has 2 N–H and O–H groups in total. The summed E-state index contributed by atoms with van der Waals surface area (Å²) in [6, 6.07) is 21.9. The van der Waals surface area contributed by atoms with Gasteiger partial charge in [-0.15, -0.1) is 0 Å². The zero-order chi connectivity index (χ0) is 35.2. The van der Waals surface area contributed by atoms with Crippen molar-refractivity contribution in [2.45, 2.75) is 60.3 Å². The number of allylic oxidation sites excluding steroid dienone is 3. The quantitative estimate of drug-likeness (QED) is 0.106. The fourth-order valence-electron chi connectivity index (χ4n) is 4.42. The minimum Gasteiger partial charge on any atom is -0.489 e. The molecule has 1 aromatic heterocycles. The molecule has 0 spiro atoms. The molecule has 8 nitrogen and oxygen atoms in total. The molecular formula is C38H43Cl2N3O5. The molecule has 0 radical (unpaired) electrons.